The summed E-state index contributed by atoms with van der Waals surface area (Å²) in [6.45, 7) is 10.1. The maximum absolute atomic E-state index is 11.6. The quantitative estimate of drug-likeness (QED) is 0.467. The third-order valence-corrected chi connectivity index (χ3v) is 2.92. The Morgan fingerprint density at radius 3 is 2.18 bits per heavy atom. The van der Waals surface area contributed by atoms with Gasteiger partial charge in [-0.2, -0.15) is 0 Å². The fraction of sp³-hybridized carbons (Fsp3) is 0.308. The van der Waals surface area contributed by atoms with Crippen LogP contribution in [0.2, 0.25) is 19.6 Å². The molecule has 0 unspecified atom stereocenters. The minimum Gasteiger partial charge on any atom is -0.544 e. The van der Waals surface area contributed by atoms with E-state index in [1.807, 2.05) is 12.1 Å². The van der Waals surface area contributed by atoms with Gasteiger partial charge in [0.15, 0.2) is 0 Å². The lowest BCUT2D eigenvalue weighted by atomic mass is 10.1. The van der Waals surface area contributed by atoms with Gasteiger partial charge < -0.3 is 9.16 Å². The first-order chi connectivity index (χ1) is 7.85. The summed E-state index contributed by atoms with van der Waals surface area (Å²) in [5.74, 6) is 0.158. The lowest BCUT2D eigenvalue weighted by Crippen LogP contribution is -2.24. The minimum atomic E-state index is -1.72. The Kier molecular flexibility index (Phi) is 4.12. The molecule has 0 fully saturated rings. The summed E-state index contributed by atoms with van der Waals surface area (Å²) in [4.78, 5) is 11.6. The average Bonchev–Trinajstić information content (AvgIpc) is 2.25. The molecule has 0 aliphatic carbocycles. The summed E-state index contributed by atoms with van der Waals surface area (Å²) >= 11 is 0. The van der Waals surface area contributed by atoms with Crippen LogP contribution in [-0.4, -0.2) is 21.4 Å². The van der Waals surface area contributed by atoms with Crippen LogP contribution in [0.15, 0.2) is 30.8 Å². The molecule has 0 aliphatic rings. The summed E-state index contributed by atoms with van der Waals surface area (Å²) in [6.07, 6.45) is 0. The number of benzene rings is 1. The second-order valence-electron chi connectivity index (χ2n) is 4.67. The van der Waals surface area contributed by atoms with Crippen molar-refractivity contribution in [1.82, 2.24) is 0 Å². The van der Waals surface area contributed by atoms with Crippen molar-refractivity contribution in [3.05, 3.63) is 42.0 Å². The second-order valence-corrected chi connectivity index (χ2v) is 9.10. The summed E-state index contributed by atoms with van der Waals surface area (Å²) in [5.41, 5.74) is 1.18. The lowest BCUT2D eigenvalue weighted by Gasteiger charge is -2.22. The van der Waals surface area contributed by atoms with Crippen LogP contribution in [0.4, 0.5) is 0 Å². The number of carbonyl (C=O) groups is 1. The SMILES string of the molecule is C=C(O[Si](C)(C)C)c1ccccc1C(=O)OC. The zero-order chi connectivity index (χ0) is 13.1. The predicted molar refractivity (Wildman–Crippen MR) is 71.2 cm³/mol. The van der Waals surface area contributed by atoms with Crippen LogP contribution in [0.1, 0.15) is 15.9 Å². The smallest absolute Gasteiger partial charge is 0.338 e. The molecule has 0 aliphatic heterocycles. The third kappa shape index (κ3) is 3.74. The Morgan fingerprint density at radius 2 is 1.71 bits per heavy atom. The zero-order valence-electron chi connectivity index (χ0n) is 10.7. The monoisotopic (exact) mass is 250 g/mol. The largest absolute Gasteiger partial charge is 0.544 e. The van der Waals surface area contributed by atoms with Gasteiger partial charge >= 0.3 is 5.97 Å². The molecule has 0 amide bonds. The van der Waals surface area contributed by atoms with Gasteiger partial charge in [0.2, 0.25) is 8.32 Å². The molecule has 0 N–H and O–H groups in total. The predicted octanol–water partition coefficient (Wildman–Crippen LogP) is 3.30. The van der Waals surface area contributed by atoms with Crippen molar-refractivity contribution in [2.45, 2.75) is 19.6 Å². The van der Waals surface area contributed by atoms with E-state index in [0.29, 0.717) is 16.9 Å². The van der Waals surface area contributed by atoms with Crippen molar-refractivity contribution in [3.63, 3.8) is 0 Å². The third-order valence-electron chi connectivity index (χ3n) is 2.06. The van der Waals surface area contributed by atoms with Gasteiger partial charge in [0.05, 0.1) is 12.7 Å². The number of carbonyl (C=O) groups excluding carboxylic acids is 1. The van der Waals surface area contributed by atoms with Crippen LogP contribution in [0.25, 0.3) is 5.76 Å². The Bertz CT molecular complexity index is 433. The number of hydrogen-bond acceptors (Lipinski definition) is 3. The van der Waals surface area contributed by atoms with Gasteiger partial charge in [-0.3, -0.25) is 0 Å². The highest BCUT2D eigenvalue weighted by Crippen LogP contribution is 2.23. The molecule has 0 saturated heterocycles. The Labute approximate surface area is 103 Å². The molecule has 0 heterocycles. The molecule has 1 aromatic rings. The van der Waals surface area contributed by atoms with Gasteiger partial charge in [-0.05, 0) is 25.7 Å². The van der Waals surface area contributed by atoms with Crippen molar-refractivity contribution < 1.29 is 14.0 Å². The zero-order valence-corrected chi connectivity index (χ0v) is 11.7. The Hall–Kier alpha value is -1.55. The number of esters is 1. The molecule has 0 aromatic heterocycles. The molecule has 4 heteroatoms. The molecule has 3 nitrogen and oxygen atoms in total. The maximum Gasteiger partial charge on any atom is 0.338 e. The first kappa shape index (κ1) is 13.5. The van der Waals surface area contributed by atoms with Gasteiger partial charge in [0.25, 0.3) is 0 Å². The molecule has 0 spiro atoms. The summed E-state index contributed by atoms with van der Waals surface area (Å²) in [6, 6.07) is 7.16. The highest BCUT2D eigenvalue weighted by atomic mass is 28.4. The molecule has 0 radical (unpaired) electrons. The molecule has 0 atom stereocenters. The van der Waals surface area contributed by atoms with E-state index in [1.165, 1.54) is 7.11 Å². The van der Waals surface area contributed by atoms with E-state index in [-0.39, 0.29) is 5.97 Å². The van der Waals surface area contributed by atoms with Crippen molar-refractivity contribution >= 4 is 20.0 Å². The van der Waals surface area contributed by atoms with Crippen molar-refractivity contribution in [1.29, 1.82) is 0 Å². The number of rotatable bonds is 4. The molecular weight excluding hydrogens is 232 g/mol. The molecule has 92 valence electrons. The van der Waals surface area contributed by atoms with Crippen LogP contribution < -0.4 is 0 Å². The highest BCUT2D eigenvalue weighted by Gasteiger charge is 2.20. The average molecular weight is 250 g/mol. The van der Waals surface area contributed by atoms with E-state index >= 15 is 0 Å². The van der Waals surface area contributed by atoms with E-state index in [0.717, 1.165) is 0 Å². The number of ether oxygens (including phenoxy) is 1. The second kappa shape index (κ2) is 5.18. The molecular formula is C13H18O3Si. The van der Waals surface area contributed by atoms with Gasteiger partial charge in [-0.15, -0.1) is 0 Å². The molecule has 0 bridgehead atoms. The van der Waals surface area contributed by atoms with Crippen molar-refractivity contribution in [2.75, 3.05) is 7.11 Å². The van der Waals surface area contributed by atoms with Crippen molar-refractivity contribution in [3.8, 4) is 0 Å². The lowest BCUT2D eigenvalue weighted by molar-refractivity contribution is 0.0600. The van der Waals surface area contributed by atoms with Crippen LogP contribution in [0, 0.1) is 0 Å². The fourth-order valence-electron chi connectivity index (χ4n) is 1.44. The number of methoxy groups -OCH3 is 1. The van der Waals surface area contributed by atoms with Crippen LogP contribution in [0.3, 0.4) is 0 Å². The normalized spacial score (nSPS) is 10.8. The topological polar surface area (TPSA) is 35.5 Å². The van der Waals surface area contributed by atoms with Crippen molar-refractivity contribution in [2.24, 2.45) is 0 Å². The van der Waals surface area contributed by atoms with Crippen LogP contribution in [-0.2, 0) is 9.16 Å². The first-order valence-electron chi connectivity index (χ1n) is 5.41. The number of hydrogen-bond donors (Lipinski definition) is 0. The molecule has 1 rings (SSSR count). The highest BCUT2D eigenvalue weighted by molar-refractivity contribution is 6.70. The van der Waals surface area contributed by atoms with E-state index in [9.17, 15) is 4.79 Å². The first-order valence-corrected chi connectivity index (χ1v) is 8.81. The molecule has 0 saturated carbocycles. The molecule has 1 aromatic carbocycles. The minimum absolute atomic E-state index is 0.374. The standard InChI is InChI=1S/C13H18O3Si/c1-10(16-17(3,4)5)11-8-6-7-9-12(11)13(14)15-2/h6-9H,1H2,2-5H3. The fourth-order valence-corrected chi connectivity index (χ4v) is 2.29. The van der Waals surface area contributed by atoms with E-state index in [2.05, 4.69) is 26.2 Å². The van der Waals surface area contributed by atoms with Crippen LogP contribution >= 0.6 is 0 Å². The Morgan fingerprint density at radius 1 is 1.18 bits per heavy atom. The Balaban J connectivity index is 3.05. The molecule has 17 heavy (non-hydrogen) atoms. The van der Waals surface area contributed by atoms with E-state index in [1.54, 1.807) is 12.1 Å². The maximum atomic E-state index is 11.6. The summed E-state index contributed by atoms with van der Waals surface area (Å²) in [7, 11) is -0.360. The van der Waals surface area contributed by atoms with Gasteiger partial charge in [0.1, 0.15) is 5.76 Å². The van der Waals surface area contributed by atoms with E-state index in [4.69, 9.17) is 9.16 Å². The van der Waals surface area contributed by atoms with E-state index < -0.39 is 8.32 Å². The van der Waals surface area contributed by atoms with Gasteiger partial charge in [0, 0.05) is 5.56 Å². The van der Waals surface area contributed by atoms with Gasteiger partial charge in [-0.25, -0.2) is 4.79 Å². The van der Waals surface area contributed by atoms with Gasteiger partial charge in [-0.1, -0.05) is 24.8 Å². The van der Waals surface area contributed by atoms with Crippen LogP contribution in [0.5, 0.6) is 0 Å². The summed E-state index contributed by atoms with van der Waals surface area (Å²) in [5, 5.41) is 0. The summed E-state index contributed by atoms with van der Waals surface area (Å²) < 4.78 is 10.5.